The van der Waals surface area contributed by atoms with Crippen molar-refractivity contribution < 1.29 is 40.5 Å². The lowest BCUT2D eigenvalue weighted by atomic mass is 9.93. The van der Waals surface area contributed by atoms with E-state index in [1.54, 1.807) is 18.2 Å². The molecule has 2 atom stereocenters. The molecule has 2 heterocycles. The van der Waals surface area contributed by atoms with E-state index in [-0.39, 0.29) is 34.1 Å². The zero-order valence-electron chi connectivity index (χ0n) is 36.3. The van der Waals surface area contributed by atoms with E-state index < -0.39 is 40.3 Å². The molecule has 65 heavy (non-hydrogen) atoms. The van der Waals surface area contributed by atoms with Crippen molar-refractivity contribution in [1.29, 1.82) is 0 Å². The number of aliphatic hydroxyl groups is 3. The molecule has 1 aliphatic rings. The van der Waals surface area contributed by atoms with Crippen LogP contribution in [0.5, 0.6) is 23.0 Å². The molecule has 8 rings (SSSR count). The average molecular weight is 886 g/mol. The van der Waals surface area contributed by atoms with Gasteiger partial charge in [-0.15, -0.1) is 11.3 Å². The van der Waals surface area contributed by atoms with Crippen molar-refractivity contribution in [3.8, 4) is 39.8 Å². The Morgan fingerprint density at radius 2 is 1.62 bits per heavy atom. The van der Waals surface area contributed by atoms with Gasteiger partial charge >= 0.3 is 0 Å². The molecule has 5 aromatic carbocycles. The minimum Gasteiger partial charge on any atom is -0.504 e. The van der Waals surface area contributed by atoms with E-state index in [0.717, 1.165) is 51.7 Å². The molecule has 0 saturated carbocycles. The summed E-state index contributed by atoms with van der Waals surface area (Å²) < 4.78 is 3.92. The van der Waals surface area contributed by atoms with Gasteiger partial charge in [0.2, 0.25) is 23.0 Å². The monoisotopic (exact) mass is 885 g/mol. The summed E-state index contributed by atoms with van der Waals surface area (Å²) in [6.07, 6.45) is 13.1. The van der Waals surface area contributed by atoms with E-state index in [0.29, 0.717) is 5.69 Å². The number of rotatable bonds is 10. The molecule has 0 spiro atoms. The lowest BCUT2D eigenvalue weighted by molar-refractivity contribution is 0.316. The number of hydrogen-bond acceptors (Lipinski definition) is 10. The van der Waals surface area contributed by atoms with E-state index >= 15 is 0 Å². The highest BCUT2D eigenvalue weighted by molar-refractivity contribution is 7.25. The van der Waals surface area contributed by atoms with E-state index in [4.69, 9.17) is 4.99 Å². The summed E-state index contributed by atoms with van der Waals surface area (Å²) in [4.78, 5) is 18.8. The number of allylic oxidation sites excluding steroid dienone is 4. The first-order valence-electron chi connectivity index (χ1n) is 20.9. The van der Waals surface area contributed by atoms with Gasteiger partial charge in [-0.1, -0.05) is 91.6 Å². The van der Waals surface area contributed by atoms with Crippen LogP contribution in [0.3, 0.4) is 0 Å². The Labute approximate surface area is 379 Å². The molecular formula is C53H47N3O8S. The maximum atomic E-state index is 11.1. The minimum atomic E-state index is -1.31. The van der Waals surface area contributed by atoms with Crippen molar-refractivity contribution in [2.45, 2.75) is 40.2 Å². The van der Waals surface area contributed by atoms with Gasteiger partial charge in [-0.2, -0.15) is 0 Å². The fourth-order valence-electron chi connectivity index (χ4n) is 8.76. The van der Waals surface area contributed by atoms with Crippen LogP contribution in [0.2, 0.25) is 0 Å². The highest BCUT2D eigenvalue weighted by Gasteiger charge is 2.31. The number of aromatic nitrogens is 1. The van der Waals surface area contributed by atoms with E-state index in [1.807, 2.05) is 49.5 Å². The molecular weight excluding hydrogens is 839 g/mol. The highest BCUT2D eigenvalue weighted by atomic mass is 32.1. The van der Waals surface area contributed by atoms with Gasteiger partial charge < -0.3 is 45.2 Å². The second-order valence-electron chi connectivity index (χ2n) is 16.0. The predicted octanol–water partition coefficient (Wildman–Crippen LogP) is 12.4. The van der Waals surface area contributed by atoms with Gasteiger partial charge in [-0.25, -0.2) is 9.79 Å². The van der Waals surface area contributed by atoms with Gasteiger partial charge in [0.05, 0.1) is 22.7 Å². The minimum absolute atomic E-state index is 0.0209. The molecule has 11 nitrogen and oxygen atoms in total. The van der Waals surface area contributed by atoms with Crippen molar-refractivity contribution >= 4 is 71.7 Å². The summed E-state index contributed by atoms with van der Waals surface area (Å²) in [5.41, 5.74) is 6.12. The average Bonchev–Trinajstić information content (AvgIpc) is 3.86. The Kier molecular flexibility index (Phi) is 11.7. The Morgan fingerprint density at radius 3 is 2.31 bits per heavy atom. The van der Waals surface area contributed by atoms with Crippen LogP contribution in [-0.4, -0.2) is 64.0 Å². The van der Waals surface area contributed by atoms with Gasteiger partial charge in [0.15, 0.2) is 23.2 Å². The number of fused-ring (bicyclic) bond motifs is 4. The molecule has 0 amide bonds. The summed E-state index contributed by atoms with van der Waals surface area (Å²) in [5.74, 6) is -5.42. The number of aryl methyl sites for hydroxylation is 1. The molecule has 328 valence electrons. The Hall–Kier alpha value is -7.92. The van der Waals surface area contributed by atoms with Crippen molar-refractivity contribution in [1.82, 2.24) is 9.47 Å². The van der Waals surface area contributed by atoms with Crippen molar-refractivity contribution in [2.24, 2.45) is 10.9 Å². The van der Waals surface area contributed by atoms with E-state index in [2.05, 4.69) is 98.3 Å². The van der Waals surface area contributed by atoms with Crippen LogP contribution in [0.4, 0.5) is 0 Å². The number of thiophene rings is 1. The molecule has 12 heteroatoms. The molecule has 2 unspecified atom stereocenters. The number of benzene rings is 5. The summed E-state index contributed by atoms with van der Waals surface area (Å²) in [5, 5.41) is 76.6. The van der Waals surface area contributed by atoms with Crippen LogP contribution >= 0.6 is 11.3 Å². The smallest absolute Gasteiger partial charge is 0.247 e. The number of amidine groups is 1. The number of nitrogens with zero attached hydrogens (tertiary/aromatic N) is 3. The van der Waals surface area contributed by atoms with Crippen LogP contribution in [0.25, 0.3) is 65.4 Å². The Morgan fingerprint density at radius 1 is 0.892 bits per heavy atom. The zero-order chi connectivity index (χ0) is 46.4. The number of hydrogen-bond donors (Lipinski definition) is 7. The van der Waals surface area contributed by atoms with Crippen LogP contribution < -0.4 is 0 Å². The van der Waals surface area contributed by atoms with E-state index in [1.165, 1.54) is 37.2 Å². The molecule has 0 saturated heterocycles. The fraction of sp³-hybridized carbons (Fsp3) is 0.151. The Balaban J connectivity index is 1.17. The van der Waals surface area contributed by atoms with Crippen molar-refractivity contribution in [2.75, 3.05) is 7.05 Å². The normalized spacial score (nSPS) is 15.1. The molecule has 0 bridgehead atoms. The number of carbonyl (C=O) groups excluding carboxylic acids is 1. The fourth-order valence-corrected chi connectivity index (χ4v) is 9.91. The third kappa shape index (κ3) is 7.48. The number of phenolic OH excluding ortho intramolecular Hbond substituents is 4. The quantitative estimate of drug-likeness (QED) is 0.0134. The number of phenols is 4. The highest BCUT2D eigenvalue weighted by Crippen LogP contribution is 2.53. The molecule has 0 fully saturated rings. The SMILES string of the molecule is C=Cc1cc(/C(=C/C)N=C(C2C=CC=CC2)N(C)C(C)c2ccc3c(c2)sc2ccccc23)ccc1-c1ccc(-n2c(C)c(/C(O)=C(/O)C(O)=C=O)c3c(O)c(O)c(O)c(O)c32)cc1C. The molecule has 2 aromatic heterocycles. The van der Waals surface area contributed by atoms with Gasteiger partial charge in [0.25, 0.3) is 0 Å². The van der Waals surface area contributed by atoms with Gasteiger partial charge in [0.1, 0.15) is 11.4 Å². The predicted molar refractivity (Wildman–Crippen MR) is 262 cm³/mol. The summed E-state index contributed by atoms with van der Waals surface area (Å²) in [6, 6.07) is 26.7. The second-order valence-corrected chi connectivity index (χ2v) is 17.1. The standard InChI is InChI=1S/C53H47N3O8S/c1-7-31-25-34(40(8-2)54-53(32-14-10-9-11-15-32)55(6)29(4)33-18-22-39-38-16-12-13-17-42(38)65-43(39)26-33)19-21-37(31)36-23-20-35(24-28(36)3)56-30(5)44(48(60)47(59)41(58)27-57)45-46(56)50(62)52(64)51(63)49(45)61/h7-14,16-26,29,32,58-64H,1,15H2,2-6H3/b40-8-,48-47-,54-53?. The molecule has 7 aromatic rings. The van der Waals surface area contributed by atoms with Crippen LogP contribution in [0.15, 0.2) is 132 Å². The molecule has 7 N–H and O–H groups in total. The summed E-state index contributed by atoms with van der Waals surface area (Å²) in [6.45, 7) is 11.7. The second kappa shape index (κ2) is 17.3. The Bertz CT molecular complexity index is 3320. The maximum Gasteiger partial charge on any atom is 0.247 e. The van der Waals surface area contributed by atoms with Gasteiger partial charge in [-0.05, 0) is 92.3 Å². The maximum absolute atomic E-state index is 11.1. The number of aromatic hydroxyl groups is 4. The first-order valence-corrected chi connectivity index (χ1v) is 21.7. The topological polar surface area (TPSA) is 179 Å². The summed E-state index contributed by atoms with van der Waals surface area (Å²) >= 11 is 1.81. The zero-order valence-corrected chi connectivity index (χ0v) is 37.1. The van der Waals surface area contributed by atoms with E-state index in [9.17, 15) is 40.5 Å². The molecule has 1 aliphatic carbocycles. The lowest BCUT2D eigenvalue weighted by Gasteiger charge is -2.32. The van der Waals surface area contributed by atoms with Crippen LogP contribution in [0, 0.1) is 19.8 Å². The van der Waals surface area contributed by atoms with Crippen molar-refractivity contribution in [3.05, 3.63) is 161 Å². The third-order valence-electron chi connectivity index (χ3n) is 12.3. The lowest BCUT2D eigenvalue weighted by Crippen LogP contribution is -2.35. The summed E-state index contributed by atoms with van der Waals surface area (Å²) in [7, 11) is 2.11. The largest absolute Gasteiger partial charge is 0.504 e. The van der Waals surface area contributed by atoms with Crippen LogP contribution in [0.1, 0.15) is 59.8 Å². The van der Waals surface area contributed by atoms with Crippen molar-refractivity contribution in [3.63, 3.8) is 0 Å². The first kappa shape index (κ1) is 43.7. The first-order chi connectivity index (χ1) is 31.2. The van der Waals surface area contributed by atoms with Gasteiger partial charge in [-0.3, -0.25) is 0 Å². The molecule has 0 aliphatic heterocycles. The van der Waals surface area contributed by atoms with Crippen LogP contribution in [-0.2, 0) is 4.79 Å². The number of aliphatic hydroxyl groups excluding tert-OH is 3. The van der Waals surface area contributed by atoms with Gasteiger partial charge in [0, 0.05) is 50.1 Å². The number of aliphatic imine (C=N–C) groups is 1. The molecule has 0 radical (unpaired) electrons. The third-order valence-corrected chi connectivity index (χ3v) is 13.4.